The van der Waals surface area contributed by atoms with E-state index in [2.05, 4.69) is 20.8 Å². The van der Waals surface area contributed by atoms with Crippen LogP contribution in [0.15, 0.2) is 52.9 Å². The number of nitrogens with one attached hydrogen (secondary N) is 2. The first-order valence-corrected chi connectivity index (χ1v) is 11.4. The molecule has 2 amide bonds. The quantitative estimate of drug-likeness (QED) is 0.529. The van der Waals surface area contributed by atoms with Gasteiger partial charge in [0.05, 0.1) is 5.75 Å². The van der Waals surface area contributed by atoms with Gasteiger partial charge in [-0.1, -0.05) is 41.3 Å². The highest BCUT2D eigenvalue weighted by molar-refractivity contribution is 8.01. The fourth-order valence-electron chi connectivity index (χ4n) is 3.12. The van der Waals surface area contributed by atoms with Crippen molar-refractivity contribution in [3.63, 3.8) is 0 Å². The summed E-state index contributed by atoms with van der Waals surface area (Å²) in [7, 11) is 0. The maximum Gasteiger partial charge on any atom is 0.234 e. The van der Waals surface area contributed by atoms with E-state index in [4.69, 9.17) is 0 Å². The minimum absolute atomic E-state index is 0.117. The summed E-state index contributed by atoms with van der Waals surface area (Å²) in [6.45, 7) is 2.78. The van der Waals surface area contributed by atoms with Crippen LogP contribution in [0.5, 0.6) is 0 Å². The summed E-state index contributed by atoms with van der Waals surface area (Å²) < 4.78 is 0.726. The van der Waals surface area contributed by atoms with E-state index >= 15 is 0 Å². The van der Waals surface area contributed by atoms with Gasteiger partial charge in [-0.05, 0) is 49.2 Å². The molecule has 1 aromatic heterocycles. The summed E-state index contributed by atoms with van der Waals surface area (Å²) >= 11 is 2.76. The van der Waals surface area contributed by atoms with Crippen LogP contribution < -0.4 is 15.5 Å². The van der Waals surface area contributed by atoms with Crippen molar-refractivity contribution in [3.05, 3.63) is 54.1 Å². The Labute approximate surface area is 182 Å². The number of nitrogens with zero attached hydrogens (tertiary/aromatic N) is 3. The van der Waals surface area contributed by atoms with Gasteiger partial charge in [-0.25, -0.2) is 0 Å². The number of benzene rings is 2. The number of para-hydroxylation sites is 1. The molecule has 2 aromatic carbocycles. The molecule has 7 nitrogen and oxygen atoms in total. The zero-order chi connectivity index (χ0) is 20.9. The molecule has 154 valence electrons. The Morgan fingerprint density at radius 3 is 2.70 bits per heavy atom. The molecule has 2 heterocycles. The molecule has 0 aliphatic carbocycles. The molecule has 3 aromatic rings. The molecular weight excluding hydrogens is 418 g/mol. The van der Waals surface area contributed by atoms with Gasteiger partial charge in [-0.2, -0.15) is 0 Å². The van der Waals surface area contributed by atoms with Crippen molar-refractivity contribution in [1.29, 1.82) is 0 Å². The first kappa shape index (κ1) is 20.4. The lowest BCUT2D eigenvalue weighted by Gasteiger charge is -2.16. The van der Waals surface area contributed by atoms with E-state index in [1.807, 2.05) is 55.5 Å². The van der Waals surface area contributed by atoms with Crippen molar-refractivity contribution >= 4 is 57.1 Å². The SMILES string of the molecule is Cc1ccccc1Nc1nnc(SCC(=O)Nc2ccc(N3CCCC3=O)cc2)s1. The third kappa shape index (κ3) is 4.98. The van der Waals surface area contributed by atoms with Crippen LogP contribution in [-0.4, -0.2) is 34.3 Å². The Kier molecular flexibility index (Phi) is 6.29. The Hall–Kier alpha value is -2.91. The monoisotopic (exact) mass is 439 g/mol. The molecular formula is C21H21N5O2S2. The molecule has 1 aliphatic rings. The smallest absolute Gasteiger partial charge is 0.234 e. The van der Waals surface area contributed by atoms with Gasteiger partial charge in [0.15, 0.2) is 4.34 Å². The largest absolute Gasteiger partial charge is 0.330 e. The van der Waals surface area contributed by atoms with Crippen molar-refractivity contribution in [2.75, 3.05) is 27.8 Å². The third-order valence-electron chi connectivity index (χ3n) is 4.66. The third-order valence-corrected chi connectivity index (χ3v) is 6.63. The summed E-state index contributed by atoms with van der Waals surface area (Å²) in [4.78, 5) is 25.9. The van der Waals surface area contributed by atoms with E-state index in [1.54, 1.807) is 4.90 Å². The second kappa shape index (κ2) is 9.27. The normalized spacial score (nSPS) is 13.5. The Balaban J connectivity index is 1.27. The maximum absolute atomic E-state index is 12.3. The molecule has 1 aliphatic heterocycles. The van der Waals surface area contributed by atoms with Crippen LogP contribution in [0.4, 0.5) is 22.2 Å². The number of aryl methyl sites for hydroxylation is 1. The fourth-order valence-corrected chi connectivity index (χ4v) is 4.68. The zero-order valence-electron chi connectivity index (χ0n) is 16.4. The highest BCUT2D eigenvalue weighted by atomic mass is 32.2. The van der Waals surface area contributed by atoms with E-state index in [-0.39, 0.29) is 17.6 Å². The molecule has 2 N–H and O–H groups in total. The average molecular weight is 440 g/mol. The number of aromatic nitrogens is 2. The van der Waals surface area contributed by atoms with Gasteiger partial charge in [-0.3, -0.25) is 9.59 Å². The predicted molar refractivity (Wildman–Crippen MR) is 122 cm³/mol. The lowest BCUT2D eigenvalue weighted by Crippen LogP contribution is -2.23. The van der Waals surface area contributed by atoms with Crippen LogP contribution in [-0.2, 0) is 9.59 Å². The average Bonchev–Trinajstić information content (AvgIpc) is 3.38. The van der Waals surface area contributed by atoms with Crippen LogP contribution in [0.3, 0.4) is 0 Å². The number of hydrogen-bond donors (Lipinski definition) is 2. The number of carbonyl (C=O) groups is 2. The molecule has 9 heteroatoms. The van der Waals surface area contributed by atoms with Crippen molar-refractivity contribution in [2.24, 2.45) is 0 Å². The first-order chi connectivity index (χ1) is 14.6. The van der Waals surface area contributed by atoms with E-state index in [1.165, 1.54) is 23.1 Å². The zero-order valence-corrected chi connectivity index (χ0v) is 18.1. The van der Waals surface area contributed by atoms with Crippen LogP contribution in [0.1, 0.15) is 18.4 Å². The van der Waals surface area contributed by atoms with Crippen LogP contribution in [0, 0.1) is 6.92 Å². The number of rotatable bonds is 7. The lowest BCUT2D eigenvalue weighted by atomic mass is 10.2. The Morgan fingerprint density at radius 2 is 1.97 bits per heavy atom. The van der Waals surface area contributed by atoms with Crippen molar-refractivity contribution in [2.45, 2.75) is 24.1 Å². The molecule has 1 saturated heterocycles. The van der Waals surface area contributed by atoms with E-state index in [9.17, 15) is 9.59 Å². The van der Waals surface area contributed by atoms with E-state index in [0.717, 1.165) is 34.2 Å². The van der Waals surface area contributed by atoms with Gasteiger partial charge >= 0.3 is 0 Å². The number of thioether (sulfide) groups is 1. The lowest BCUT2D eigenvalue weighted by molar-refractivity contribution is -0.117. The molecule has 0 saturated carbocycles. The Bertz CT molecular complexity index is 1050. The van der Waals surface area contributed by atoms with Crippen LogP contribution in [0.25, 0.3) is 0 Å². The molecule has 0 radical (unpaired) electrons. The number of amides is 2. The van der Waals surface area contributed by atoms with Gasteiger partial charge in [0, 0.05) is 30.0 Å². The Morgan fingerprint density at radius 1 is 1.17 bits per heavy atom. The van der Waals surface area contributed by atoms with Crippen molar-refractivity contribution in [3.8, 4) is 0 Å². The molecule has 0 atom stereocenters. The number of carbonyl (C=O) groups excluding carboxylic acids is 2. The molecule has 0 bridgehead atoms. The summed E-state index contributed by atoms with van der Waals surface area (Å²) in [5.41, 5.74) is 3.69. The molecule has 4 rings (SSSR count). The fraction of sp³-hybridized carbons (Fsp3) is 0.238. The van der Waals surface area contributed by atoms with Gasteiger partial charge < -0.3 is 15.5 Å². The minimum atomic E-state index is -0.117. The predicted octanol–water partition coefficient (Wildman–Crippen LogP) is 4.45. The number of hydrogen-bond acceptors (Lipinski definition) is 7. The van der Waals surface area contributed by atoms with Crippen molar-refractivity contribution in [1.82, 2.24) is 10.2 Å². The van der Waals surface area contributed by atoms with Crippen molar-refractivity contribution < 1.29 is 9.59 Å². The summed E-state index contributed by atoms with van der Waals surface area (Å²) in [6.07, 6.45) is 1.49. The van der Waals surface area contributed by atoms with E-state index in [0.29, 0.717) is 17.2 Å². The highest BCUT2D eigenvalue weighted by Crippen LogP contribution is 2.29. The molecule has 0 spiro atoms. The minimum Gasteiger partial charge on any atom is -0.330 e. The number of anilines is 4. The summed E-state index contributed by atoms with van der Waals surface area (Å²) in [5, 5.41) is 15.1. The molecule has 1 fully saturated rings. The van der Waals surface area contributed by atoms with Crippen LogP contribution >= 0.6 is 23.1 Å². The summed E-state index contributed by atoms with van der Waals surface area (Å²) in [6, 6.07) is 15.3. The maximum atomic E-state index is 12.3. The standard InChI is InChI=1S/C21H21N5O2S2/c1-14-5-2-3-6-17(14)23-20-24-25-21(30-20)29-13-18(27)22-15-8-10-16(11-9-15)26-12-4-7-19(26)28/h2-3,5-6,8-11H,4,7,12-13H2,1H3,(H,22,27)(H,23,24). The second-order valence-corrected chi connectivity index (χ2v) is 9.05. The van der Waals surface area contributed by atoms with Gasteiger partial charge in [0.25, 0.3) is 0 Å². The van der Waals surface area contributed by atoms with E-state index < -0.39 is 0 Å². The topological polar surface area (TPSA) is 87.2 Å². The highest BCUT2D eigenvalue weighted by Gasteiger charge is 2.21. The molecule has 30 heavy (non-hydrogen) atoms. The first-order valence-electron chi connectivity index (χ1n) is 9.58. The van der Waals surface area contributed by atoms with Gasteiger partial charge in [0.1, 0.15) is 0 Å². The van der Waals surface area contributed by atoms with Gasteiger partial charge in [-0.15, -0.1) is 10.2 Å². The van der Waals surface area contributed by atoms with Gasteiger partial charge in [0.2, 0.25) is 16.9 Å². The molecule has 0 unspecified atom stereocenters. The summed E-state index contributed by atoms with van der Waals surface area (Å²) in [5.74, 6) is 0.274. The second-order valence-electron chi connectivity index (χ2n) is 6.85. The van der Waals surface area contributed by atoms with Crippen LogP contribution in [0.2, 0.25) is 0 Å².